The normalized spacial score (nSPS) is 22.6. The molecular weight excluding hydrogens is 225 g/mol. The summed E-state index contributed by atoms with van der Waals surface area (Å²) in [5.74, 6) is 0. The average Bonchev–Trinajstić information content (AvgIpc) is 1.86. The van der Waals surface area contributed by atoms with Gasteiger partial charge in [-0.15, -0.1) is 0 Å². The van der Waals surface area contributed by atoms with E-state index in [4.69, 9.17) is 0 Å². The minimum atomic E-state index is 0.751. The number of rotatable bonds is 0. The van der Waals surface area contributed by atoms with Crippen LogP contribution in [0.2, 0.25) is 0 Å². The van der Waals surface area contributed by atoms with Crippen LogP contribution in [0.5, 0.6) is 0 Å². The minimum absolute atomic E-state index is 0.751. The molecule has 0 spiro atoms. The predicted molar refractivity (Wildman–Crippen MR) is 44.7 cm³/mol. The number of hydrogen-bond donors (Lipinski definition) is 0. The number of hydrogen-bond acceptors (Lipinski definition) is 1. The smallest absolute Gasteiger partial charge is 0.0404 e. The molecule has 1 aromatic heterocycles. The Balaban J connectivity index is 2.51. The van der Waals surface area contributed by atoms with E-state index in [1.165, 1.54) is 17.5 Å². The molecule has 46 valence electrons. The Morgan fingerprint density at radius 1 is 1.67 bits per heavy atom. The molecule has 2 rings (SSSR count). The van der Waals surface area contributed by atoms with E-state index >= 15 is 0 Å². The fourth-order valence-electron chi connectivity index (χ4n) is 1.09. The van der Waals surface area contributed by atoms with Crippen molar-refractivity contribution in [3.8, 4) is 0 Å². The second-order valence-corrected chi connectivity index (χ2v) is 3.75. The van der Waals surface area contributed by atoms with E-state index in [2.05, 4.69) is 33.6 Å². The summed E-state index contributed by atoms with van der Waals surface area (Å²) in [6.45, 7) is 0. The largest absolute Gasteiger partial charge is 0.264 e. The first-order valence-corrected chi connectivity index (χ1v) is 4.19. The highest BCUT2D eigenvalue weighted by molar-refractivity contribution is 14.1. The molecule has 0 aromatic carbocycles. The van der Waals surface area contributed by atoms with Crippen LogP contribution in [0.15, 0.2) is 18.5 Å². The lowest BCUT2D eigenvalue weighted by Gasteiger charge is -2.23. The Hall–Kier alpha value is -0.120. The van der Waals surface area contributed by atoms with Crippen molar-refractivity contribution < 1.29 is 0 Å². The van der Waals surface area contributed by atoms with Crippen LogP contribution in [0, 0.1) is 0 Å². The molecule has 0 bridgehead atoms. The second-order valence-electron chi connectivity index (χ2n) is 2.25. The first-order chi connectivity index (χ1) is 4.38. The van der Waals surface area contributed by atoms with E-state index in [1.807, 2.05) is 12.4 Å². The number of halogens is 1. The van der Waals surface area contributed by atoms with Crippen LogP contribution in [0.3, 0.4) is 0 Å². The van der Waals surface area contributed by atoms with E-state index in [0.29, 0.717) is 0 Å². The van der Waals surface area contributed by atoms with E-state index in [1.54, 1.807) is 0 Å². The third kappa shape index (κ3) is 0.764. The van der Waals surface area contributed by atoms with Crippen LogP contribution in [0.4, 0.5) is 0 Å². The van der Waals surface area contributed by atoms with Crippen molar-refractivity contribution in [1.29, 1.82) is 0 Å². The van der Waals surface area contributed by atoms with Crippen molar-refractivity contribution in [3.05, 3.63) is 29.6 Å². The van der Waals surface area contributed by atoms with Gasteiger partial charge < -0.3 is 0 Å². The van der Waals surface area contributed by atoms with Gasteiger partial charge in [-0.25, -0.2) is 0 Å². The van der Waals surface area contributed by atoms with E-state index < -0.39 is 0 Å². The van der Waals surface area contributed by atoms with Crippen LogP contribution >= 0.6 is 22.6 Å². The lowest BCUT2D eigenvalue weighted by Crippen LogP contribution is -2.10. The van der Waals surface area contributed by atoms with E-state index in [0.717, 1.165) is 3.92 Å². The monoisotopic (exact) mass is 231 g/mol. The van der Waals surface area contributed by atoms with Crippen LogP contribution in [-0.2, 0) is 6.42 Å². The Labute approximate surface area is 67.6 Å². The van der Waals surface area contributed by atoms with Gasteiger partial charge in [-0.2, -0.15) is 0 Å². The van der Waals surface area contributed by atoms with Crippen molar-refractivity contribution in [2.45, 2.75) is 10.3 Å². The maximum Gasteiger partial charge on any atom is 0.0404 e. The molecule has 0 saturated carbocycles. The fraction of sp³-hybridized carbons (Fsp3) is 0.286. The van der Waals surface area contributed by atoms with Gasteiger partial charge in [0, 0.05) is 16.3 Å². The zero-order valence-corrected chi connectivity index (χ0v) is 7.00. The molecule has 1 aromatic rings. The second kappa shape index (κ2) is 1.94. The first-order valence-electron chi connectivity index (χ1n) is 2.95. The van der Waals surface area contributed by atoms with Crippen molar-refractivity contribution in [2.75, 3.05) is 0 Å². The highest BCUT2D eigenvalue weighted by Gasteiger charge is 2.22. The number of alkyl halides is 1. The molecule has 0 fully saturated rings. The standard InChI is InChI=1S/C7H6IN/c8-7-3-5-4-9-2-1-6(5)7/h1-2,4,7H,3H2. The molecular formula is C7H6IN. The van der Waals surface area contributed by atoms with Crippen molar-refractivity contribution in [3.63, 3.8) is 0 Å². The number of fused-ring (bicyclic) bond motifs is 1. The Morgan fingerprint density at radius 3 is 3.11 bits per heavy atom. The Kier molecular flexibility index (Phi) is 1.22. The molecule has 1 nitrogen and oxygen atoms in total. The summed E-state index contributed by atoms with van der Waals surface area (Å²) in [7, 11) is 0. The summed E-state index contributed by atoms with van der Waals surface area (Å²) in [6, 6.07) is 2.11. The van der Waals surface area contributed by atoms with Crippen molar-refractivity contribution >= 4 is 22.6 Å². The lowest BCUT2D eigenvalue weighted by atomic mass is 9.91. The fourth-order valence-corrected chi connectivity index (χ4v) is 2.17. The molecule has 1 aliphatic rings. The number of pyridine rings is 1. The van der Waals surface area contributed by atoms with Gasteiger partial charge in [0.05, 0.1) is 0 Å². The van der Waals surface area contributed by atoms with E-state index in [9.17, 15) is 0 Å². The highest BCUT2D eigenvalue weighted by atomic mass is 127. The molecule has 1 unspecified atom stereocenters. The van der Waals surface area contributed by atoms with Crippen LogP contribution in [0.1, 0.15) is 15.1 Å². The third-order valence-electron chi connectivity index (χ3n) is 1.68. The quantitative estimate of drug-likeness (QED) is 0.492. The van der Waals surface area contributed by atoms with Gasteiger partial charge in [-0.05, 0) is 23.6 Å². The summed E-state index contributed by atoms with van der Waals surface area (Å²) >= 11 is 2.46. The summed E-state index contributed by atoms with van der Waals surface area (Å²) in [5.41, 5.74) is 2.91. The molecule has 9 heavy (non-hydrogen) atoms. The van der Waals surface area contributed by atoms with Gasteiger partial charge in [0.1, 0.15) is 0 Å². The lowest BCUT2D eigenvalue weighted by molar-refractivity contribution is 0.832. The molecule has 0 aliphatic heterocycles. The number of nitrogens with zero attached hydrogens (tertiary/aromatic N) is 1. The summed E-state index contributed by atoms with van der Waals surface area (Å²) in [6.07, 6.45) is 5.04. The summed E-state index contributed by atoms with van der Waals surface area (Å²) in [5, 5.41) is 0. The van der Waals surface area contributed by atoms with Crippen LogP contribution in [0.25, 0.3) is 0 Å². The Bertz CT molecular complexity index is 234. The number of aromatic nitrogens is 1. The van der Waals surface area contributed by atoms with Crippen LogP contribution in [-0.4, -0.2) is 4.98 Å². The van der Waals surface area contributed by atoms with Gasteiger partial charge >= 0.3 is 0 Å². The topological polar surface area (TPSA) is 12.9 Å². The van der Waals surface area contributed by atoms with Crippen molar-refractivity contribution in [2.24, 2.45) is 0 Å². The van der Waals surface area contributed by atoms with Gasteiger partial charge in [0.15, 0.2) is 0 Å². The molecule has 2 heteroatoms. The predicted octanol–water partition coefficient (Wildman–Crippen LogP) is 2.11. The molecule has 0 radical (unpaired) electrons. The van der Waals surface area contributed by atoms with Gasteiger partial charge in [-0.1, -0.05) is 22.6 Å². The molecule has 1 aliphatic carbocycles. The van der Waals surface area contributed by atoms with Crippen LogP contribution < -0.4 is 0 Å². The average molecular weight is 231 g/mol. The molecule has 1 atom stereocenters. The Morgan fingerprint density at radius 2 is 2.56 bits per heavy atom. The zero-order chi connectivity index (χ0) is 6.27. The highest BCUT2D eigenvalue weighted by Crippen LogP contribution is 2.38. The molecule has 1 heterocycles. The van der Waals surface area contributed by atoms with Gasteiger partial charge in [0.2, 0.25) is 0 Å². The molecule has 0 N–H and O–H groups in total. The zero-order valence-electron chi connectivity index (χ0n) is 4.84. The summed E-state index contributed by atoms with van der Waals surface area (Å²) in [4.78, 5) is 4.03. The summed E-state index contributed by atoms with van der Waals surface area (Å²) < 4.78 is 0.751. The molecule has 0 amide bonds. The first kappa shape index (κ1) is 5.65. The third-order valence-corrected chi connectivity index (χ3v) is 2.79. The maximum atomic E-state index is 4.03. The SMILES string of the molecule is IC1Cc2cnccc21. The maximum absolute atomic E-state index is 4.03. The van der Waals surface area contributed by atoms with E-state index in [-0.39, 0.29) is 0 Å². The van der Waals surface area contributed by atoms with Gasteiger partial charge in [-0.3, -0.25) is 4.98 Å². The minimum Gasteiger partial charge on any atom is -0.264 e. The van der Waals surface area contributed by atoms with Gasteiger partial charge in [0.25, 0.3) is 0 Å². The van der Waals surface area contributed by atoms with Crippen molar-refractivity contribution in [1.82, 2.24) is 4.98 Å². The molecule has 0 saturated heterocycles.